The number of ether oxygens (including phenoxy) is 2. The van der Waals surface area contributed by atoms with Crippen LogP contribution in [0.3, 0.4) is 0 Å². The number of aliphatic hydroxyl groups is 1. The van der Waals surface area contributed by atoms with Crippen LogP contribution in [0.25, 0.3) is 10.4 Å². The van der Waals surface area contributed by atoms with Crippen LogP contribution in [0.1, 0.15) is 27.2 Å². The van der Waals surface area contributed by atoms with E-state index < -0.39 is 17.3 Å². The van der Waals surface area contributed by atoms with Crippen LogP contribution in [-0.4, -0.2) is 42.2 Å². The number of hydrogen-bond donors (Lipinski definition) is 1. The second-order valence-corrected chi connectivity index (χ2v) is 4.54. The molecular formula is C10H19N3O3. The molecule has 0 aromatic rings. The van der Waals surface area contributed by atoms with Crippen LogP contribution >= 0.6 is 0 Å². The predicted molar refractivity (Wildman–Crippen MR) is 59.0 cm³/mol. The summed E-state index contributed by atoms with van der Waals surface area (Å²) in [5, 5.41) is 14.0. The molecule has 1 unspecified atom stereocenters. The Labute approximate surface area is 95.2 Å². The zero-order valence-electron chi connectivity index (χ0n) is 10.2. The minimum absolute atomic E-state index is 0.00582. The minimum Gasteiger partial charge on any atom is -0.384 e. The highest BCUT2D eigenvalue weighted by molar-refractivity contribution is 5.07. The van der Waals surface area contributed by atoms with Gasteiger partial charge in [0.15, 0.2) is 0 Å². The van der Waals surface area contributed by atoms with Crippen molar-refractivity contribution in [1.29, 1.82) is 0 Å². The standard InChI is InChI=1S/C10H19N3O3/c1-7-5-9(3,15-4)10(14,6-12-13-11)8(2)16-7/h7-8,14H,5-6H2,1-4H3/t7?,8-,9+,10-/m0/s1. The topological polar surface area (TPSA) is 87.5 Å². The fraction of sp³-hybridized carbons (Fsp3) is 1.00. The Bertz CT molecular complexity index is 306. The van der Waals surface area contributed by atoms with Gasteiger partial charge in [-0.05, 0) is 26.3 Å². The molecule has 1 N–H and O–H groups in total. The molecule has 0 saturated carbocycles. The van der Waals surface area contributed by atoms with Gasteiger partial charge in [0.2, 0.25) is 0 Å². The zero-order valence-corrected chi connectivity index (χ0v) is 10.2. The summed E-state index contributed by atoms with van der Waals surface area (Å²) >= 11 is 0. The van der Waals surface area contributed by atoms with E-state index in [1.165, 1.54) is 0 Å². The van der Waals surface area contributed by atoms with Crippen molar-refractivity contribution in [1.82, 2.24) is 0 Å². The fourth-order valence-corrected chi connectivity index (χ4v) is 2.36. The maximum Gasteiger partial charge on any atom is 0.125 e. The maximum absolute atomic E-state index is 10.6. The van der Waals surface area contributed by atoms with E-state index in [1.807, 2.05) is 13.8 Å². The molecule has 0 radical (unpaired) electrons. The van der Waals surface area contributed by atoms with Gasteiger partial charge < -0.3 is 14.6 Å². The van der Waals surface area contributed by atoms with Gasteiger partial charge in [-0.2, -0.15) is 0 Å². The Hall–Kier alpha value is -0.810. The monoisotopic (exact) mass is 229 g/mol. The molecule has 1 aliphatic rings. The summed E-state index contributed by atoms with van der Waals surface area (Å²) in [7, 11) is 1.55. The van der Waals surface area contributed by atoms with Crippen molar-refractivity contribution < 1.29 is 14.6 Å². The molecule has 1 heterocycles. The third kappa shape index (κ3) is 2.01. The number of methoxy groups -OCH3 is 1. The van der Waals surface area contributed by atoms with Crippen LogP contribution in [0.15, 0.2) is 5.11 Å². The lowest BCUT2D eigenvalue weighted by Crippen LogP contribution is -2.67. The molecule has 0 aromatic heterocycles. The molecule has 6 nitrogen and oxygen atoms in total. The van der Waals surface area contributed by atoms with E-state index in [9.17, 15) is 5.11 Å². The Morgan fingerprint density at radius 1 is 1.62 bits per heavy atom. The van der Waals surface area contributed by atoms with Crippen LogP contribution < -0.4 is 0 Å². The average molecular weight is 229 g/mol. The number of nitrogens with zero attached hydrogens (tertiary/aromatic N) is 3. The van der Waals surface area contributed by atoms with Gasteiger partial charge in [0.25, 0.3) is 0 Å². The highest BCUT2D eigenvalue weighted by Gasteiger charge is 2.55. The smallest absolute Gasteiger partial charge is 0.125 e. The lowest BCUT2D eigenvalue weighted by atomic mass is 9.74. The van der Waals surface area contributed by atoms with Crippen molar-refractivity contribution in [3.05, 3.63) is 10.4 Å². The van der Waals surface area contributed by atoms with Gasteiger partial charge in [0.1, 0.15) is 5.60 Å². The van der Waals surface area contributed by atoms with Gasteiger partial charge in [0, 0.05) is 18.4 Å². The maximum atomic E-state index is 10.6. The summed E-state index contributed by atoms with van der Waals surface area (Å²) in [4.78, 5) is 2.68. The second kappa shape index (κ2) is 4.59. The first-order valence-electron chi connectivity index (χ1n) is 5.33. The van der Waals surface area contributed by atoms with E-state index in [4.69, 9.17) is 15.0 Å². The summed E-state index contributed by atoms with van der Waals surface area (Å²) < 4.78 is 11.0. The molecule has 16 heavy (non-hydrogen) atoms. The molecule has 1 saturated heterocycles. The molecule has 0 amide bonds. The summed E-state index contributed by atoms with van der Waals surface area (Å²) in [6.07, 6.45) is 0.128. The molecule has 6 heteroatoms. The van der Waals surface area contributed by atoms with Crippen molar-refractivity contribution in [3.63, 3.8) is 0 Å². The van der Waals surface area contributed by atoms with Crippen molar-refractivity contribution >= 4 is 0 Å². The van der Waals surface area contributed by atoms with E-state index in [0.717, 1.165) is 0 Å². The molecule has 1 aliphatic heterocycles. The van der Waals surface area contributed by atoms with Gasteiger partial charge in [-0.15, -0.1) is 0 Å². The Morgan fingerprint density at radius 2 is 2.25 bits per heavy atom. The molecule has 4 atom stereocenters. The normalized spacial score (nSPS) is 43.8. The molecule has 0 aliphatic carbocycles. The van der Waals surface area contributed by atoms with E-state index in [-0.39, 0.29) is 12.6 Å². The lowest BCUT2D eigenvalue weighted by Gasteiger charge is -2.52. The molecule has 0 spiro atoms. The number of azide groups is 1. The Balaban J connectivity index is 3.04. The van der Waals surface area contributed by atoms with Crippen LogP contribution in [0, 0.1) is 0 Å². The highest BCUT2D eigenvalue weighted by Crippen LogP contribution is 2.40. The molecule has 92 valence electrons. The number of rotatable bonds is 3. The fourth-order valence-electron chi connectivity index (χ4n) is 2.36. The average Bonchev–Trinajstić information content (AvgIpc) is 2.23. The minimum atomic E-state index is -1.29. The van der Waals surface area contributed by atoms with Crippen LogP contribution in [0.5, 0.6) is 0 Å². The summed E-state index contributed by atoms with van der Waals surface area (Å²) in [5.41, 5.74) is 6.30. The Kier molecular flexibility index (Phi) is 3.80. The summed E-state index contributed by atoms with van der Waals surface area (Å²) in [6, 6.07) is 0. The van der Waals surface area contributed by atoms with Crippen LogP contribution in [0.2, 0.25) is 0 Å². The van der Waals surface area contributed by atoms with Gasteiger partial charge in [0.05, 0.1) is 24.4 Å². The third-order valence-corrected chi connectivity index (χ3v) is 3.53. The Morgan fingerprint density at radius 3 is 2.75 bits per heavy atom. The SMILES string of the molecule is CO[C@]1(C)CC(C)O[C@@H](C)[C@@]1(O)CN=[N+]=[N-]. The van der Waals surface area contributed by atoms with E-state index in [1.54, 1.807) is 14.0 Å². The predicted octanol–water partition coefficient (Wildman–Crippen LogP) is 1.63. The largest absolute Gasteiger partial charge is 0.384 e. The van der Waals surface area contributed by atoms with Gasteiger partial charge in [-0.3, -0.25) is 0 Å². The van der Waals surface area contributed by atoms with Crippen LogP contribution in [-0.2, 0) is 9.47 Å². The van der Waals surface area contributed by atoms with Crippen molar-refractivity contribution in [2.75, 3.05) is 13.7 Å². The first-order chi connectivity index (χ1) is 7.39. The van der Waals surface area contributed by atoms with Crippen molar-refractivity contribution in [2.24, 2.45) is 5.11 Å². The third-order valence-electron chi connectivity index (χ3n) is 3.53. The van der Waals surface area contributed by atoms with Gasteiger partial charge in [-0.25, -0.2) is 0 Å². The van der Waals surface area contributed by atoms with E-state index in [2.05, 4.69) is 10.0 Å². The quantitative estimate of drug-likeness (QED) is 0.453. The molecule has 1 fully saturated rings. The van der Waals surface area contributed by atoms with E-state index >= 15 is 0 Å². The summed E-state index contributed by atoms with van der Waals surface area (Å²) in [6.45, 7) is 5.46. The van der Waals surface area contributed by atoms with Gasteiger partial charge >= 0.3 is 0 Å². The first-order valence-corrected chi connectivity index (χ1v) is 5.33. The van der Waals surface area contributed by atoms with Crippen molar-refractivity contribution in [2.45, 2.75) is 50.6 Å². The van der Waals surface area contributed by atoms with E-state index in [0.29, 0.717) is 6.42 Å². The van der Waals surface area contributed by atoms with Crippen molar-refractivity contribution in [3.8, 4) is 0 Å². The molecule has 0 bridgehead atoms. The lowest BCUT2D eigenvalue weighted by molar-refractivity contribution is -0.264. The highest BCUT2D eigenvalue weighted by atomic mass is 16.5. The molecular weight excluding hydrogens is 210 g/mol. The molecule has 0 aromatic carbocycles. The number of hydrogen-bond acceptors (Lipinski definition) is 4. The zero-order chi connectivity index (χ0) is 12.4. The van der Waals surface area contributed by atoms with Gasteiger partial charge in [-0.1, -0.05) is 5.11 Å². The second-order valence-electron chi connectivity index (χ2n) is 4.54. The summed E-state index contributed by atoms with van der Waals surface area (Å²) in [5.74, 6) is 0. The van der Waals surface area contributed by atoms with Crippen LogP contribution in [0.4, 0.5) is 0 Å². The first kappa shape index (κ1) is 13.3. The molecule has 1 rings (SSSR count).